The predicted octanol–water partition coefficient (Wildman–Crippen LogP) is 2.12. The van der Waals surface area contributed by atoms with Gasteiger partial charge in [-0.15, -0.1) is 0 Å². The van der Waals surface area contributed by atoms with Crippen molar-refractivity contribution in [2.45, 2.75) is 64.5 Å². The van der Waals surface area contributed by atoms with Crippen molar-refractivity contribution in [3.05, 3.63) is 0 Å². The first-order chi connectivity index (χ1) is 8.44. The lowest BCUT2D eigenvalue weighted by molar-refractivity contribution is -0.151. The summed E-state index contributed by atoms with van der Waals surface area (Å²) in [5, 5.41) is 0. The van der Waals surface area contributed by atoms with Crippen LogP contribution in [0.2, 0.25) is 0 Å². The van der Waals surface area contributed by atoms with E-state index in [1.807, 2.05) is 0 Å². The van der Waals surface area contributed by atoms with Crippen molar-refractivity contribution >= 4 is 11.9 Å². The van der Waals surface area contributed by atoms with E-state index < -0.39 is 0 Å². The van der Waals surface area contributed by atoms with Gasteiger partial charge in [0.1, 0.15) is 6.04 Å². The quantitative estimate of drug-likeness (QED) is 0.708. The van der Waals surface area contributed by atoms with Gasteiger partial charge >= 0.3 is 5.97 Å². The van der Waals surface area contributed by atoms with Crippen molar-refractivity contribution < 1.29 is 14.3 Å². The van der Waals surface area contributed by atoms with Crippen molar-refractivity contribution in [3.63, 3.8) is 0 Å². The molecule has 0 spiro atoms. The predicted molar refractivity (Wildman–Crippen MR) is 67.9 cm³/mol. The van der Waals surface area contributed by atoms with Crippen LogP contribution in [0.15, 0.2) is 0 Å². The molecule has 1 aliphatic carbocycles. The molecule has 1 amide bonds. The highest BCUT2D eigenvalue weighted by atomic mass is 16.5. The van der Waals surface area contributed by atoms with E-state index >= 15 is 0 Å². The number of nitrogens with zero attached hydrogens (tertiary/aromatic N) is 1. The molecular weight excluding hydrogens is 230 g/mol. The van der Waals surface area contributed by atoms with E-state index in [4.69, 9.17) is 4.74 Å². The van der Waals surface area contributed by atoms with Crippen LogP contribution in [0.4, 0.5) is 0 Å². The average molecular weight is 253 g/mol. The number of rotatable bonds is 2. The van der Waals surface area contributed by atoms with E-state index in [0.717, 1.165) is 25.7 Å². The van der Waals surface area contributed by atoms with Crippen molar-refractivity contribution in [2.75, 3.05) is 7.11 Å². The van der Waals surface area contributed by atoms with E-state index in [1.165, 1.54) is 7.11 Å². The summed E-state index contributed by atoms with van der Waals surface area (Å²) in [6.07, 6.45) is 5.36. The Balaban J connectivity index is 2.06. The molecule has 0 aromatic carbocycles. The Hall–Kier alpha value is -1.06. The highest BCUT2D eigenvalue weighted by Crippen LogP contribution is 2.39. The van der Waals surface area contributed by atoms with Crippen LogP contribution in [-0.4, -0.2) is 36.0 Å². The minimum atomic E-state index is -0.339. The first-order valence-corrected chi connectivity index (χ1v) is 6.83. The van der Waals surface area contributed by atoms with Gasteiger partial charge in [-0.05, 0) is 37.5 Å². The highest BCUT2D eigenvalue weighted by molar-refractivity contribution is 5.88. The Morgan fingerprint density at radius 3 is 2.44 bits per heavy atom. The zero-order chi connectivity index (χ0) is 13.3. The summed E-state index contributed by atoms with van der Waals surface area (Å²) in [5.41, 5.74) is 0.375. The van der Waals surface area contributed by atoms with Crippen LogP contribution >= 0.6 is 0 Å². The molecule has 1 saturated carbocycles. The lowest BCUT2D eigenvalue weighted by Gasteiger charge is -2.40. The summed E-state index contributed by atoms with van der Waals surface area (Å²) in [4.78, 5) is 25.5. The van der Waals surface area contributed by atoms with E-state index in [9.17, 15) is 9.59 Å². The van der Waals surface area contributed by atoms with E-state index in [0.29, 0.717) is 18.3 Å². The second kappa shape index (κ2) is 4.90. The fraction of sp³-hybridized carbons (Fsp3) is 0.857. The molecule has 18 heavy (non-hydrogen) atoms. The molecule has 2 aliphatic rings. The van der Waals surface area contributed by atoms with E-state index in [-0.39, 0.29) is 24.0 Å². The first-order valence-electron chi connectivity index (χ1n) is 6.83. The smallest absolute Gasteiger partial charge is 0.328 e. The zero-order valence-corrected chi connectivity index (χ0v) is 11.6. The number of likely N-dealkylation sites (tertiary alicyclic amines) is 1. The van der Waals surface area contributed by atoms with Gasteiger partial charge in [-0.1, -0.05) is 13.8 Å². The summed E-state index contributed by atoms with van der Waals surface area (Å²) in [7, 11) is 1.40. The summed E-state index contributed by atoms with van der Waals surface area (Å²) in [5.74, 6) is -0.138. The fourth-order valence-electron chi connectivity index (χ4n) is 3.19. The normalized spacial score (nSPS) is 28.5. The minimum Gasteiger partial charge on any atom is -0.467 e. The van der Waals surface area contributed by atoms with Crippen molar-refractivity contribution in [1.29, 1.82) is 0 Å². The van der Waals surface area contributed by atoms with Gasteiger partial charge in [-0.25, -0.2) is 4.79 Å². The summed E-state index contributed by atoms with van der Waals surface area (Å²) < 4.78 is 4.81. The average Bonchev–Trinajstić information content (AvgIpc) is 2.70. The van der Waals surface area contributed by atoms with Crippen LogP contribution in [0, 0.1) is 5.41 Å². The first kappa shape index (κ1) is 13.4. The molecule has 0 bridgehead atoms. The molecule has 1 unspecified atom stereocenters. The number of carbonyl (C=O) groups is 2. The van der Waals surface area contributed by atoms with E-state index in [2.05, 4.69) is 13.8 Å². The SMILES string of the molecule is COC(=O)C1CCC(=O)N1C1CCC(C)(C)CC1. The van der Waals surface area contributed by atoms with Gasteiger partial charge in [-0.2, -0.15) is 0 Å². The number of amides is 1. The molecule has 1 atom stereocenters. The van der Waals surface area contributed by atoms with Crippen LogP contribution in [0.25, 0.3) is 0 Å². The number of ether oxygens (including phenoxy) is 1. The standard InChI is InChI=1S/C14H23NO3/c1-14(2)8-6-10(7-9-14)15-11(13(17)18-3)4-5-12(15)16/h10-11H,4-9H2,1-3H3. The number of hydrogen-bond acceptors (Lipinski definition) is 3. The Labute approximate surface area is 109 Å². The maximum atomic E-state index is 12.0. The maximum Gasteiger partial charge on any atom is 0.328 e. The topological polar surface area (TPSA) is 46.6 Å². The van der Waals surface area contributed by atoms with Gasteiger partial charge < -0.3 is 9.64 Å². The van der Waals surface area contributed by atoms with E-state index in [1.54, 1.807) is 4.90 Å². The molecule has 4 nitrogen and oxygen atoms in total. The zero-order valence-electron chi connectivity index (χ0n) is 11.6. The molecule has 0 aromatic rings. The third-order valence-electron chi connectivity index (χ3n) is 4.43. The monoisotopic (exact) mass is 253 g/mol. The van der Waals surface area contributed by atoms with Crippen LogP contribution in [0.1, 0.15) is 52.4 Å². The van der Waals surface area contributed by atoms with Crippen LogP contribution in [0.3, 0.4) is 0 Å². The number of methoxy groups -OCH3 is 1. The Morgan fingerprint density at radius 2 is 1.89 bits per heavy atom. The van der Waals surface area contributed by atoms with Crippen LogP contribution < -0.4 is 0 Å². The lowest BCUT2D eigenvalue weighted by Crippen LogP contribution is -2.48. The Kier molecular flexibility index (Phi) is 3.64. The van der Waals surface area contributed by atoms with Gasteiger partial charge in [0, 0.05) is 12.5 Å². The highest BCUT2D eigenvalue weighted by Gasteiger charge is 2.42. The third kappa shape index (κ3) is 2.52. The molecule has 0 radical (unpaired) electrons. The van der Waals surface area contributed by atoms with Crippen LogP contribution in [-0.2, 0) is 14.3 Å². The summed E-state index contributed by atoms with van der Waals surface area (Å²) >= 11 is 0. The molecule has 4 heteroatoms. The van der Waals surface area contributed by atoms with Gasteiger partial charge in [0.15, 0.2) is 0 Å². The maximum absolute atomic E-state index is 12.0. The van der Waals surface area contributed by atoms with Gasteiger partial charge in [0.05, 0.1) is 7.11 Å². The molecule has 1 saturated heterocycles. The number of hydrogen-bond donors (Lipinski definition) is 0. The molecule has 0 aromatic heterocycles. The summed E-state index contributed by atoms with van der Waals surface area (Å²) in [6.45, 7) is 4.54. The second-order valence-electron chi connectivity index (χ2n) is 6.27. The third-order valence-corrected chi connectivity index (χ3v) is 4.43. The van der Waals surface area contributed by atoms with Crippen molar-refractivity contribution in [1.82, 2.24) is 4.90 Å². The molecular formula is C14H23NO3. The molecule has 2 fully saturated rings. The Bertz CT molecular complexity index is 341. The number of esters is 1. The fourth-order valence-corrected chi connectivity index (χ4v) is 3.19. The van der Waals surface area contributed by atoms with Gasteiger partial charge in [0.25, 0.3) is 0 Å². The summed E-state index contributed by atoms with van der Waals surface area (Å²) in [6, 6.07) is -0.106. The Morgan fingerprint density at radius 1 is 1.28 bits per heavy atom. The molecule has 1 heterocycles. The largest absolute Gasteiger partial charge is 0.467 e. The molecule has 102 valence electrons. The van der Waals surface area contributed by atoms with Gasteiger partial charge in [-0.3, -0.25) is 4.79 Å². The minimum absolute atomic E-state index is 0.120. The molecule has 2 rings (SSSR count). The van der Waals surface area contributed by atoms with Crippen LogP contribution in [0.5, 0.6) is 0 Å². The lowest BCUT2D eigenvalue weighted by atomic mass is 9.75. The molecule has 0 N–H and O–H groups in total. The molecule has 1 aliphatic heterocycles. The van der Waals surface area contributed by atoms with Gasteiger partial charge in [0.2, 0.25) is 5.91 Å². The number of carbonyl (C=O) groups excluding carboxylic acids is 2. The second-order valence-corrected chi connectivity index (χ2v) is 6.27. The van der Waals surface area contributed by atoms with Crippen molar-refractivity contribution in [3.8, 4) is 0 Å². The van der Waals surface area contributed by atoms with Crippen molar-refractivity contribution in [2.24, 2.45) is 5.41 Å².